The largest absolute Gasteiger partial charge is 0.573 e. The van der Waals surface area contributed by atoms with Crippen molar-refractivity contribution in [1.82, 2.24) is 0 Å². The minimum atomic E-state index is -4.72. The zero-order valence-electron chi connectivity index (χ0n) is 10.5. The molecule has 0 heterocycles. The number of benzene rings is 2. The van der Waals surface area contributed by atoms with E-state index in [0.29, 0.717) is 15.8 Å². The van der Waals surface area contributed by atoms with E-state index < -0.39 is 12.2 Å². The van der Waals surface area contributed by atoms with Crippen LogP contribution in [-0.2, 0) is 6.61 Å². The molecule has 0 bridgehead atoms. The molecule has 112 valence electrons. The Kier molecular flexibility index (Phi) is 4.72. The molecule has 0 unspecified atom stereocenters. The van der Waals surface area contributed by atoms with Crippen molar-refractivity contribution in [2.24, 2.45) is 0 Å². The number of alkyl halides is 3. The van der Waals surface area contributed by atoms with Crippen LogP contribution in [0.3, 0.4) is 0 Å². The third-order valence-electron chi connectivity index (χ3n) is 2.45. The SMILES string of the molecule is Fc1cc(OCc2ccc(OC(F)(F)F)cc2)ccc1Br. The molecule has 2 aromatic carbocycles. The standard InChI is InChI=1S/C14H9BrF4O2/c15-12-6-5-11(7-13(12)16)20-8-9-1-3-10(4-2-9)21-14(17,18)19/h1-7H,8H2. The summed E-state index contributed by atoms with van der Waals surface area (Å²) in [6, 6.07) is 9.56. The van der Waals surface area contributed by atoms with E-state index in [0.717, 1.165) is 0 Å². The van der Waals surface area contributed by atoms with Crippen LogP contribution in [0.1, 0.15) is 5.56 Å². The molecule has 0 aliphatic rings. The molecule has 21 heavy (non-hydrogen) atoms. The second-order valence-electron chi connectivity index (χ2n) is 4.06. The maximum Gasteiger partial charge on any atom is 0.573 e. The van der Waals surface area contributed by atoms with Gasteiger partial charge in [-0.05, 0) is 45.8 Å². The van der Waals surface area contributed by atoms with Gasteiger partial charge in [0.1, 0.15) is 23.9 Å². The monoisotopic (exact) mass is 364 g/mol. The van der Waals surface area contributed by atoms with Gasteiger partial charge in [0.25, 0.3) is 0 Å². The fraction of sp³-hybridized carbons (Fsp3) is 0.143. The van der Waals surface area contributed by atoms with Gasteiger partial charge >= 0.3 is 6.36 Å². The molecule has 0 aliphatic heterocycles. The molecule has 7 heteroatoms. The Bertz CT molecular complexity index is 611. The summed E-state index contributed by atoms with van der Waals surface area (Å²) in [7, 11) is 0. The van der Waals surface area contributed by atoms with Gasteiger partial charge < -0.3 is 9.47 Å². The van der Waals surface area contributed by atoms with Crippen molar-refractivity contribution in [1.29, 1.82) is 0 Å². The van der Waals surface area contributed by atoms with E-state index in [2.05, 4.69) is 20.7 Å². The number of ether oxygens (including phenoxy) is 2. The van der Waals surface area contributed by atoms with Crippen LogP contribution >= 0.6 is 15.9 Å². The van der Waals surface area contributed by atoms with E-state index in [-0.39, 0.29) is 12.4 Å². The molecule has 0 spiro atoms. The van der Waals surface area contributed by atoms with Crippen molar-refractivity contribution in [3.05, 3.63) is 58.3 Å². The Morgan fingerprint density at radius 2 is 1.57 bits per heavy atom. The summed E-state index contributed by atoms with van der Waals surface area (Å²) in [5, 5.41) is 0. The summed E-state index contributed by atoms with van der Waals surface area (Å²) in [5.74, 6) is -0.436. The van der Waals surface area contributed by atoms with Crippen molar-refractivity contribution in [3.8, 4) is 11.5 Å². The first-order chi connectivity index (χ1) is 9.83. The molecule has 2 nitrogen and oxygen atoms in total. The smallest absolute Gasteiger partial charge is 0.489 e. The van der Waals surface area contributed by atoms with Gasteiger partial charge in [-0.15, -0.1) is 13.2 Å². The Labute approximate surface area is 126 Å². The minimum absolute atomic E-state index is 0.105. The minimum Gasteiger partial charge on any atom is -0.489 e. The van der Waals surface area contributed by atoms with Gasteiger partial charge in [-0.25, -0.2) is 4.39 Å². The van der Waals surface area contributed by atoms with E-state index in [4.69, 9.17) is 4.74 Å². The summed E-state index contributed by atoms with van der Waals surface area (Å²) >= 11 is 3.02. The van der Waals surface area contributed by atoms with Crippen LogP contribution in [0, 0.1) is 5.82 Å². The molecule has 0 radical (unpaired) electrons. The first kappa shape index (κ1) is 15.6. The lowest BCUT2D eigenvalue weighted by atomic mass is 10.2. The van der Waals surface area contributed by atoms with Gasteiger partial charge in [-0.3, -0.25) is 0 Å². The second-order valence-corrected chi connectivity index (χ2v) is 4.91. The number of hydrogen-bond donors (Lipinski definition) is 0. The molecule has 2 aromatic rings. The molecule has 0 fully saturated rings. The van der Waals surface area contributed by atoms with E-state index in [9.17, 15) is 17.6 Å². The zero-order chi connectivity index (χ0) is 15.5. The lowest BCUT2D eigenvalue weighted by molar-refractivity contribution is -0.274. The molecule has 0 aromatic heterocycles. The summed E-state index contributed by atoms with van der Waals surface area (Å²) < 4.78 is 58.7. The number of rotatable bonds is 4. The van der Waals surface area contributed by atoms with E-state index >= 15 is 0 Å². The molecule has 0 aliphatic carbocycles. The predicted molar refractivity (Wildman–Crippen MR) is 71.6 cm³/mol. The van der Waals surface area contributed by atoms with Crippen LogP contribution in [0.15, 0.2) is 46.9 Å². The average molecular weight is 365 g/mol. The molecule has 0 amide bonds. The lowest BCUT2D eigenvalue weighted by Crippen LogP contribution is -2.17. The van der Waals surface area contributed by atoms with Crippen molar-refractivity contribution >= 4 is 15.9 Å². The first-order valence-electron chi connectivity index (χ1n) is 5.76. The molecule has 0 saturated heterocycles. The van der Waals surface area contributed by atoms with Crippen LogP contribution in [0.5, 0.6) is 11.5 Å². The number of hydrogen-bond acceptors (Lipinski definition) is 2. The third-order valence-corrected chi connectivity index (χ3v) is 3.10. The zero-order valence-corrected chi connectivity index (χ0v) is 12.0. The second kappa shape index (κ2) is 6.34. The Morgan fingerprint density at radius 1 is 0.952 bits per heavy atom. The van der Waals surface area contributed by atoms with E-state index in [1.807, 2.05) is 0 Å². The molecular formula is C14H9BrF4O2. The Morgan fingerprint density at radius 3 is 2.14 bits per heavy atom. The van der Waals surface area contributed by atoms with Gasteiger partial charge in [-0.2, -0.15) is 0 Å². The summed E-state index contributed by atoms with van der Waals surface area (Å²) in [4.78, 5) is 0. The molecule has 0 atom stereocenters. The van der Waals surface area contributed by atoms with Crippen LogP contribution in [0.25, 0.3) is 0 Å². The predicted octanol–water partition coefficient (Wildman–Crippen LogP) is 5.07. The highest BCUT2D eigenvalue weighted by molar-refractivity contribution is 9.10. The van der Waals surface area contributed by atoms with E-state index in [1.165, 1.54) is 36.4 Å². The summed E-state index contributed by atoms with van der Waals surface area (Å²) in [6.07, 6.45) is -4.72. The van der Waals surface area contributed by atoms with Crippen molar-refractivity contribution in [2.75, 3.05) is 0 Å². The van der Waals surface area contributed by atoms with Gasteiger partial charge in [0, 0.05) is 6.07 Å². The maximum atomic E-state index is 13.3. The normalized spacial score (nSPS) is 11.3. The fourth-order valence-electron chi connectivity index (χ4n) is 1.52. The van der Waals surface area contributed by atoms with Gasteiger partial charge in [0.05, 0.1) is 4.47 Å². The Balaban J connectivity index is 1.96. The van der Waals surface area contributed by atoms with Crippen LogP contribution in [-0.4, -0.2) is 6.36 Å². The third kappa shape index (κ3) is 4.93. The lowest BCUT2D eigenvalue weighted by Gasteiger charge is -2.10. The highest BCUT2D eigenvalue weighted by Crippen LogP contribution is 2.24. The molecule has 0 N–H and O–H groups in total. The van der Waals surface area contributed by atoms with Crippen molar-refractivity contribution in [3.63, 3.8) is 0 Å². The quantitative estimate of drug-likeness (QED) is 0.705. The fourth-order valence-corrected chi connectivity index (χ4v) is 1.77. The average Bonchev–Trinajstić information content (AvgIpc) is 2.40. The van der Waals surface area contributed by atoms with Crippen molar-refractivity contribution < 1.29 is 27.0 Å². The number of halogens is 5. The van der Waals surface area contributed by atoms with Crippen LogP contribution in [0.2, 0.25) is 0 Å². The molecule has 0 saturated carbocycles. The van der Waals surface area contributed by atoms with Crippen LogP contribution in [0.4, 0.5) is 17.6 Å². The first-order valence-corrected chi connectivity index (χ1v) is 6.55. The highest BCUT2D eigenvalue weighted by Gasteiger charge is 2.30. The summed E-state index contributed by atoms with van der Waals surface area (Å²) in [5.41, 5.74) is 0.632. The van der Waals surface area contributed by atoms with Crippen LogP contribution < -0.4 is 9.47 Å². The Hall–Kier alpha value is -1.76. The van der Waals surface area contributed by atoms with Gasteiger partial charge in [-0.1, -0.05) is 12.1 Å². The van der Waals surface area contributed by atoms with Crippen molar-refractivity contribution in [2.45, 2.75) is 13.0 Å². The van der Waals surface area contributed by atoms with E-state index in [1.54, 1.807) is 6.07 Å². The highest BCUT2D eigenvalue weighted by atomic mass is 79.9. The maximum absolute atomic E-state index is 13.3. The van der Waals surface area contributed by atoms with Gasteiger partial charge in [0.15, 0.2) is 0 Å². The summed E-state index contributed by atoms with van der Waals surface area (Å²) in [6.45, 7) is 0.105. The molecule has 2 rings (SSSR count). The topological polar surface area (TPSA) is 18.5 Å². The van der Waals surface area contributed by atoms with Gasteiger partial charge in [0.2, 0.25) is 0 Å². The molecular weight excluding hydrogens is 356 g/mol.